The van der Waals surface area contributed by atoms with Crippen LogP contribution in [0.3, 0.4) is 0 Å². The molecule has 1 fully saturated rings. The highest BCUT2D eigenvalue weighted by Gasteiger charge is 2.33. The van der Waals surface area contributed by atoms with Crippen molar-refractivity contribution >= 4 is 37.8 Å². The molecule has 0 radical (unpaired) electrons. The molecule has 2 rings (SSSR count). The first-order chi connectivity index (χ1) is 12.4. The molecule has 0 saturated carbocycles. The van der Waals surface area contributed by atoms with Gasteiger partial charge in [0.25, 0.3) is 0 Å². The van der Waals surface area contributed by atoms with Crippen molar-refractivity contribution in [1.29, 1.82) is 0 Å². The summed E-state index contributed by atoms with van der Waals surface area (Å²) in [5.74, 6) is -0.397. The molecule has 1 atom stereocenters. The lowest BCUT2D eigenvalue weighted by molar-refractivity contribution is -0.139. The first-order valence-electron chi connectivity index (χ1n) is 8.78. The van der Waals surface area contributed by atoms with Gasteiger partial charge >= 0.3 is 0 Å². The second-order valence-corrected chi connectivity index (χ2v) is 10.5. The van der Waals surface area contributed by atoms with Gasteiger partial charge < -0.3 is 10.2 Å². The standard InChI is InChI=1S/C18H26BrN3O4S/c1-13(20-17(24)18(2,3)4)16(23)21-8-10-22(11-9-21)27(25,26)15-7-5-6-14(19)12-15/h5-7,12-13H,8-11H2,1-4H3,(H,20,24). The zero-order valence-electron chi connectivity index (χ0n) is 16.0. The zero-order valence-corrected chi connectivity index (χ0v) is 18.4. The van der Waals surface area contributed by atoms with E-state index in [4.69, 9.17) is 0 Å². The van der Waals surface area contributed by atoms with E-state index in [1.165, 1.54) is 4.31 Å². The third kappa shape index (κ3) is 5.30. The molecule has 1 heterocycles. The van der Waals surface area contributed by atoms with Crippen LogP contribution in [-0.4, -0.2) is 61.7 Å². The lowest BCUT2D eigenvalue weighted by Gasteiger charge is -2.35. The monoisotopic (exact) mass is 459 g/mol. The number of nitrogens with one attached hydrogen (secondary N) is 1. The molecule has 1 aliphatic heterocycles. The molecular formula is C18H26BrN3O4S. The molecule has 1 aliphatic rings. The molecule has 1 aromatic carbocycles. The number of sulfonamides is 1. The van der Waals surface area contributed by atoms with E-state index in [9.17, 15) is 18.0 Å². The lowest BCUT2D eigenvalue weighted by Crippen LogP contribution is -2.55. The van der Waals surface area contributed by atoms with Gasteiger partial charge in [0.2, 0.25) is 21.8 Å². The molecule has 2 amide bonds. The number of carbonyl (C=O) groups excluding carboxylic acids is 2. The van der Waals surface area contributed by atoms with Crippen molar-refractivity contribution in [3.8, 4) is 0 Å². The number of carbonyl (C=O) groups is 2. The van der Waals surface area contributed by atoms with E-state index in [1.54, 1.807) is 56.9 Å². The minimum atomic E-state index is -3.60. The average Bonchev–Trinajstić information content (AvgIpc) is 2.60. The fraction of sp³-hybridized carbons (Fsp3) is 0.556. The summed E-state index contributed by atoms with van der Waals surface area (Å²) in [6, 6.07) is 5.92. The Kier molecular flexibility index (Phi) is 6.70. The number of amides is 2. The summed E-state index contributed by atoms with van der Waals surface area (Å²) in [7, 11) is -3.60. The number of benzene rings is 1. The average molecular weight is 460 g/mol. The highest BCUT2D eigenvalue weighted by atomic mass is 79.9. The van der Waals surface area contributed by atoms with Gasteiger partial charge in [-0.05, 0) is 25.1 Å². The van der Waals surface area contributed by atoms with E-state index in [2.05, 4.69) is 21.2 Å². The van der Waals surface area contributed by atoms with Crippen LogP contribution >= 0.6 is 15.9 Å². The Bertz CT molecular complexity index is 812. The fourth-order valence-corrected chi connectivity index (χ4v) is 4.69. The molecule has 7 nitrogen and oxygen atoms in total. The van der Waals surface area contributed by atoms with Crippen LogP contribution in [0.15, 0.2) is 33.6 Å². The summed E-state index contributed by atoms with van der Waals surface area (Å²) in [5, 5.41) is 2.72. The van der Waals surface area contributed by atoms with Gasteiger partial charge in [-0.1, -0.05) is 42.8 Å². The molecule has 1 aromatic rings. The summed E-state index contributed by atoms with van der Waals surface area (Å²) in [6.45, 7) is 8.03. The maximum atomic E-state index is 12.8. The van der Waals surface area contributed by atoms with Crippen molar-refractivity contribution in [2.75, 3.05) is 26.2 Å². The van der Waals surface area contributed by atoms with E-state index >= 15 is 0 Å². The van der Waals surface area contributed by atoms with E-state index in [-0.39, 0.29) is 29.8 Å². The molecule has 0 aliphatic carbocycles. The zero-order chi connectivity index (χ0) is 20.4. The molecule has 150 valence electrons. The van der Waals surface area contributed by atoms with Crippen LogP contribution in [0.2, 0.25) is 0 Å². The van der Waals surface area contributed by atoms with Crippen molar-refractivity contribution in [1.82, 2.24) is 14.5 Å². The van der Waals surface area contributed by atoms with Crippen molar-refractivity contribution in [2.45, 2.75) is 38.6 Å². The molecule has 9 heteroatoms. The Hall–Kier alpha value is -1.45. The van der Waals surface area contributed by atoms with Gasteiger partial charge in [-0.25, -0.2) is 8.42 Å². The molecule has 0 spiro atoms. The Morgan fingerprint density at radius 1 is 1.15 bits per heavy atom. The van der Waals surface area contributed by atoms with Gasteiger partial charge in [-0.15, -0.1) is 0 Å². The molecule has 1 unspecified atom stereocenters. The molecule has 27 heavy (non-hydrogen) atoms. The largest absolute Gasteiger partial charge is 0.344 e. The van der Waals surface area contributed by atoms with Gasteiger partial charge in [0, 0.05) is 36.1 Å². The Labute approximate surface area is 169 Å². The predicted molar refractivity (Wildman–Crippen MR) is 107 cm³/mol. The Morgan fingerprint density at radius 2 is 1.74 bits per heavy atom. The molecule has 0 bridgehead atoms. The van der Waals surface area contributed by atoms with Crippen molar-refractivity contribution in [3.05, 3.63) is 28.7 Å². The topological polar surface area (TPSA) is 86.8 Å². The third-order valence-electron chi connectivity index (χ3n) is 4.38. The second-order valence-electron chi connectivity index (χ2n) is 7.63. The first kappa shape index (κ1) is 21.8. The third-order valence-corrected chi connectivity index (χ3v) is 6.77. The maximum absolute atomic E-state index is 12.8. The van der Waals surface area contributed by atoms with Gasteiger partial charge in [-0.3, -0.25) is 9.59 Å². The summed E-state index contributed by atoms with van der Waals surface area (Å²) in [5.41, 5.74) is -0.578. The maximum Gasteiger partial charge on any atom is 0.244 e. The minimum absolute atomic E-state index is 0.195. The smallest absolute Gasteiger partial charge is 0.244 e. The van der Waals surface area contributed by atoms with Crippen LogP contribution < -0.4 is 5.32 Å². The van der Waals surface area contributed by atoms with Gasteiger partial charge in [0.05, 0.1) is 4.90 Å². The molecule has 1 saturated heterocycles. The highest BCUT2D eigenvalue weighted by molar-refractivity contribution is 9.10. The normalized spacial score (nSPS) is 17.4. The van der Waals surface area contributed by atoms with Crippen LogP contribution in [0.1, 0.15) is 27.7 Å². The van der Waals surface area contributed by atoms with Crippen LogP contribution in [-0.2, 0) is 19.6 Å². The van der Waals surface area contributed by atoms with Crippen molar-refractivity contribution in [2.24, 2.45) is 5.41 Å². The first-order valence-corrected chi connectivity index (χ1v) is 11.0. The minimum Gasteiger partial charge on any atom is -0.344 e. The summed E-state index contributed by atoms with van der Waals surface area (Å²) >= 11 is 3.29. The van der Waals surface area contributed by atoms with E-state index in [0.29, 0.717) is 17.6 Å². The lowest BCUT2D eigenvalue weighted by atomic mass is 9.95. The van der Waals surface area contributed by atoms with E-state index in [1.807, 2.05) is 0 Å². The fourth-order valence-electron chi connectivity index (χ4n) is 2.67. The Morgan fingerprint density at radius 3 is 2.26 bits per heavy atom. The number of piperazine rings is 1. The number of hydrogen-bond acceptors (Lipinski definition) is 4. The quantitative estimate of drug-likeness (QED) is 0.743. The van der Waals surface area contributed by atoms with E-state index in [0.717, 1.165) is 0 Å². The number of nitrogens with zero attached hydrogens (tertiary/aromatic N) is 2. The van der Waals surface area contributed by atoms with Gasteiger partial charge in [-0.2, -0.15) is 4.31 Å². The molecular weight excluding hydrogens is 434 g/mol. The van der Waals surface area contributed by atoms with Crippen molar-refractivity contribution in [3.63, 3.8) is 0 Å². The summed E-state index contributed by atoms with van der Waals surface area (Å²) in [6.07, 6.45) is 0. The highest BCUT2D eigenvalue weighted by Crippen LogP contribution is 2.21. The van der Waals surface area contributed by atoms with Crippen LogP contribution in [0.25, 0.3) is 0 Å². The van der Waals surface area contributed by atoms with E-state index < -0.39 is 21.5 Å². The SMILES string of the molecule is CC(NC(=O)C(C)(C)C)C(=O)N1CCN(S(=O)(=O)c2cccc(Br)c2)CC1. The van der Waals surface area contributed by atoms with Crippen LogP contribution in [0.4, 0.5) is 0 Å². The second kappa shape index (κ2) is 8.28. The summed E-state index contributed by atoms with van der Waals surface area (Å²) < 4.78 is 27.6. The summed E-state index contributed by atoms with van der Waals surface area (Å²) in [4.78, 5) is 26.4. The molecule has 1 N–H and O–H groups in total. The Balaban J connectivity index is 1.98. The molecule has 0 aromatic heterocycles. The predicted octanol–water partition coefficient (Wildman–Crippen LogP) is 1.83. The van der Waals surface area contributed by atoms with Crippen LogP contribution in [0.5, 0.6) is 0 Å². The van der Waals surface area contributed by atoms with Crippen LogP contribution in [0, 0.1) is 5.41 Å². The van der Waals surface area contributed by atoms with Gasteiger partial charge in [0.1, 0.15) is 6.04 Å². The number of halogens is 1. The van der Waals surface area contributed by atoms with Gasteiger partial charge in [0.15, 0.2) is 0 Å². The van der Waals surface area contributed by atoms with Crippen molar-refractivity contribution < 1.29 is 18.0 Å². The number of hydrogen-bond donors (Lipinski definition) is 1. The number of rotatable bonds is 4.